The van der Waals surface area contributed by atoms with Crippen LogP contribution in [-0.4, -0.2) is 42.2 Å². The predicted octanol–water partition coefficient (Wildman–Crippen LogP) is 0.637. The summed E-state index contributed by atoms with van der Waals surface area (Å²) < 4.78 is 0. The molecule has 1 aromatic heterocycles. The van der Waals surface area contributed by atoms with Crippen LogP contribution in [0.4, 0.5) is 5.69 Å². The lowest BCUT2D eigenvalue weighted by atomic mass is 10.0. The summed E-state index contributed by atoms with van der Waals surface area (Å²) in [6.45, 7) is 0.241. The van der Waals surface area contributed by atoms with Gasteiger partial charge in [-0.3, -0.25) is 4.79 Å². The number of hydrogen-bond acceptors (Lipinski definition) is 3. The molecule has 5 heteroatoms. The second-order valence-electron chi connectivity index (χ2n) is 5.02. The third-order valence-electron chi connectivity index (χ3n) is 3.61. The zero-order valence-corrected chi connectivity index (χ0v) is 10.8. The highest BCUT2D eigenvalue weighted by Gasteiger charge is 2.21. The number of likely N-dealkylation sites (N-methyl/N-ethyl adjacent to an activating group) is 1. The zero-order valence-electron chi connectivity index (χ0n) is 10.8. The minimum Gasteiger partial charge on any atom is -0.394 e. The molecule has 5 nitrogen and oxygen atoms in total. The van der Waals surface area contributed by atoms with Gasteiger partial charge in [-0.25, -0.2) is 0 Å². The first-order chi connectivity index (χ1) is 9.19. The largest absolute Gasteiger partial charge is 0.394 e. The van der Waals surface area contributed by atoms with Crippen LogP contribution in [0.25, 0.3) is 10.9 Å². The number of amides is 1. The van der Waals surface area contributed by atoms with Crippen LogP contribution >= 0.6 is 0 Å². The molecule has 1 atom stereocenters. The Bertz CT molecular complexity index is 620. The van der Waals surface area contributed by atoms with E-state index in [0.29, 0.717) is 13.0 Å². The molecule has 0 fully saturated rings. The van der Waals surface area contributed by atoms with Gasteiger partial charge in [0.2, 0.25) is 5.91 Å². The topological polar surface area (TPSA) is 68.4 Å². The normalized spacial score (nSPS) is 19.8. The minimum atomic E-state index is -0.231. The molecule has 1 aliphatic rings. The van der Waals surface area contributed by atoms with Gasteiger partial charge < -0.3 is 20.3 Å². The molecule has 0 bridgehead atoms. The molecule has 100 valence electrons. The molecule has 2 aromatic rings. The van der Waals surface area contributed by atoms with Crippen molar-refractivity contribution in [2.75, 3.05) is 25.1 Å². The number of aliphatic hydroxyl groups excluding tert-OH is 1. The Balaban J connectivity index is 2.17. The van der Waals surface area contributed by atoms with E-state index >= 15 is 0 Å². The number of carbonyl (C=O) groups is 1. The average Bonchev–Trinajstić information content (AvgIpc) is 2.81. The van der Waals surface area contributed by atoms with E-state index in [0.717, 1.165) is 22.2 Å². The Morgan fingerprint density at radius 1 is 1.47 bits per heavy atom. The van der Waals surface area contributed by atoms with E-state index in [9.17, 15) is 9.90 Å². The fourth-order valence-corrected chi connectivity index (χ4v) is 2.71. The Morgan fingerprint density at radius 2 is 2.32 bits per heavy atom. The van der Waals surface area contributed by atoms with E-state index < -0.39 is 0 Å². The summed E-state index contributed by atoms with van der Waals surface area (Å²) >= 11 is 0. The van der Waals surface area contributed by atoms with E-state index in [1.807, 2.05) is 36.3 Å². The Hall–Kier alpha value is -2.01. The third kappa shape index (κ3) is 2.06. The molecule has 2 heterocycles. The number of H-pyrrole nitrogens is 1. The number of aliphatic hydroxyl groups is 1. The van der Waals surface area contributed by atoms with Crippen molar-refractivity contribution in [1.29, 1.82) is 0 Å². The van der Waals surface area contributed by atoms with Crippen LogP contribution in [0.5, 0.6) is 0 Å². The average molecular weight is 259 g/mol. The maximum Gasteiger partial charge on any atom is 0.239 e. The first-order valence-corrected chi connectivity index (χ1v) is 6.39. The van der Waals surface area contributed by atoms with Gasteiger partial charge >= 0.3 is 0 Å². The lowest BCUT2D eigenvalue weighted by Gasteiger charge is -2.19. The van der Waals surface area contributed by atoms with Gasteiger partial charge in [-0.1, -0.05) is 6.07 Å². The van der Waals surface area contributed by atoms with E-state index in [1.54, 1.807) is 0 Å². The molecule has 0 radical (unpaired) electrons. The number of aromatic nitrogens is 1. The second-order valence-corrected chi connectivity index (χ2v) is 5.02. The van der Waals surface area contributed by atoms with Crippen molar-refractivity contribution in [3.05, 3.63) is 30.0 Å². The first kappa shape index (κ1) is 12.0. The van der Waals surface area contributed by atoms with Crippen molar-refractivity contribution < 1.29 is 9.90 Å². The van der Waals surface area contributed by atoms with E-state index in [2.05, 4.69) is 10.3 Å². The van der Waals surface area contributed by atoms with Crippen LogP contribution in [0.2, 0.25) is 0 Å². The molecule has 0 unspecified atom stereocenters. The van der Waals surface area contributed by atoms with Crippen LogP contribution in [0, 0.1) is 0 Å². The van der Waals surface area contributed by atoms with Gasteiger partial charge in [0.1, 0.15) is 0 Å². The highest BCUT2D eigenvalue weighted by Crippen LogP contribution is 2.30. The molecule has 0 aliphatic carbocycles. The van der Waals surface area contributed by atoms with Crippen LogP contribution < -0.4 is 10.2 Å². The van der Waals surface area contributed by atoms with Gasteiger partial charge in [-0.15, -0.1) is 0 Å². The molecule has 3 N–H and O–H groups in total. The van der Waals surface area contributed by atoms with Crippen LogP contribution in [-0.2, 0) is 11.2 Å². The van der Waals surface area contributed by atoms with Crippen LogP contribution in [0.1, 0.15) is 5.56 Å². The van der Waals surface area contributed by atoms with Crippen molar-refractivity contribution in [3.63, 3.8) is 0 Å². The summed E-state index contributed by atoms with van der Waals surface area (Å²) in [4.78, 5) is 17.1. The summed E-state index contributed by atoms with van der Waals surface area (Å²) in [7, 11) is 1.91. The number of rotatable bonds is 1. The summed E-state index contributed by atoms with van der Waals surface area (Å²) in [5.41, 5.74) is 3.23. The van der Waals surface area contributed by atoms with Gasteiger partial charge in [-0.2, -0.15) is 0 Å². The molecule has 1 aliphatic heterocycles. The molecule has 1 aromatic carbocycles. The number of hydrogen-bond donors (Lipinski definition) is 3. The second kappa shape index (κ2) is 4.59. The Labute approximate surface area is 111 Å². The zero-order chi connectivity index (χ0) is 13.4. The molecule has 3 rings (SSSR count). The first-order valence-electron chi connectivity index (χ1n) is 6.39. The lowest BCUT2D eigenvalue weighted by molar-refractivity contribution is -0.120. The van der Waals surface area contributed by atoms with E-state index in [1.165, 1.54) is 0 Å². The number of benzene rings is 1. The number of anilines is 1. The maximum absolute atomic E-state index is 11.9. The van der Waals surface area contributed by atoms with E-state index in [4.69, 9.17) is 0 Å². The molecule has 0 saturated heterocycles. The number of aromatic amines is 1. The van der Waals surface area contributed by atoms with Crippen molar-refractivity contribution >= 4 is 22.5 Å². The monoisotopic (exact) mass is 259 g/mol. The summed E-state index contributed by atoms with van der Waals surface area (Å²) in [6.07, 6.45) is 2.59. The van der Waals surface area contributed by atoms with Crippen molar-refractivity contribution in [1.82, 2.24) is 10.3 Å². The number of carbonyl (C=O) groups excluding carboxylic acids is 1. The smallest absolute Gasteiger partial charge is 0.239 e. The van der Waals surface area contributed by atoms with Gasteiger partial charge in [0, 0.05) is 29.8 Å². The fraction of sp³-hybridized carbons (Fsp3) is 0.357. The molecule has 0 spiro atoms. The summed E-state index contributed by atoms with van der Waals surface area (Å²) in [5.74, 6) is -0.0623. The van der Waals surface area contributed by atoms with Crippen LogP contribution in [0.15, 0.2) is 24.4 Å². The Kier molecular flexibility index (Phi) is 2.91. The summed E-state index contributed by atoms with van der Waals surface area (Å²) in [6, 6.07) is 5.79. The third-order valence-corrected chi connectivity index (χ3v) is 3.61. The van der Waals surface area contributed by atoms with Crippen molar-refractivity contribution in [2.24, 2.45) is 0 Å². The van der Waals surface area contributed by atoms with Crippen molar-refractivity contribution in [3.8, 4) is 0 Å². The van der Waals surface area contributed by atoms with E-state index in [-0.39, 0.29) is 18.6 Å². The fourth-order valence-electron chi connectivity index (χ4n) is 2.71. The van der Waals surface area contributed by atoms with Crippen molar-refractivity contribution in [2.45, 2.75) is 12.5 Å². The SMILES string of the molecule is CN1CC(=O)N[C@H](CO)Cc2c[nH]c3cccc1c23. The van der Waals surface area contributed by atoms with Crippen LogP contribution in [0.3, 0.4) is 0 Å². The van der Waals surface area contributed by atoms with Gasteiger partial charge in [-0.05, 0) is 24.1 Å². The minimum absolute atomic E-state index is 0.0513. The molecular weight excluding hydrogens is 242 g/mol. The molecule has 1 amide bonds. The highest BCUT2D eigenvalue weighted by atomic mass is 16.3. The molecular formula is C14H17N3O2. The standard InChI is InChI=1S/C14H17N3O2/c1-17-7-13(19)16-10(8-18)5-9-6-15-11-3-2-4-12(17)14(9)11/h2-4,6,10,15,18H,5,7-8H2,1H3,(H,16,19)/t10-/m0/s1. The lowest BCUT2D eigenvalue weighted by Crippen LogP contribution is -2.43. The number of nitrogens with zero attached hydrogens (tertiary/aromatic N) is 1. The highest BCUT2D eigenvalue weighted by molar-refractivity contribution is 5.97. The number of nitrogens with one attached hydrogen (secondary N) is 2. The Morgan fingerprint density at radius 3 is 3.11 bits per heavy atom. The predicted molar refractivity (Wildman–Crippen MR) is 74.3 cm³/mol. The molecule has 0 saturated carbocycles. The van der Waals surface area contributed by atoms with Gasteiger partial charge in [0.15, 0.2) is 0 Å². The quantitative estimate of drug-likeness (QED) is 0.704. The molecule has 19 heavy (non-hydrogen) atoms. The summed E-state index contributed by atoms with van der Waals surface area (Å²) in [5, 5.41) is 13.4. The maximum atomic E-state index is 11.9. The van der Waals surface area contributed by atoms with Gasteiger partial charge in [0.25, 0.3) is 0 Å². The van der Waals surface area contributed by atoms with Gasteiger partial charge in [0.05, 0.1) is 19.2 Å².